The fourth-order valence-electron chi connectivity index (χ4n) is 2.94. The summed E-state index contributed by atoms with van der Waals surface area (Å²) >= 11 is 0. The molecule has 0 saturated heterocycles. The Morgan fingerprint density at radius 3 is 2.24 bits per heavy atom. The molecule has 0 spiro atoms. The van der Waals surface area contributed by atoms with Gasteiger partial charge in [-0.15, -0.1) is 0 Å². The minimum absolute atomic E-state index is 0.0755. The van der Waals surface area contributed by atoms with Crippen LogP contribution >= 0.6 is 0 Å². The minimum atomic E-state index is -0.959. The van der Waals surface area contributed by atoms with Crippen molar-refractivity contribution < 1.29 is 13.5 Å². The van der Waals surface area contributed by atoms with E-state index in [1.807, 2.05) is 0 Å². The SMILES string of the molecule is COc1cc([C@@H]2C[C@H]2c2cnc(-c3ncccn3)nc2)cc(F)c1F. The second-order valence-electron chi connectivity index (χ2n) is 5.88. The van der Waals surface area contributed by atoms with Crippen LogP contribution in [0, 0.1) is 11.6 Å². The minimum Gasteiger partial charge on any atom is -0.494 e. The van der Waals surface area contributed by atoms with Crippen molar-refractivity contribution in [2.75, 3.05) is 7.11 Å². The maximum absolute atomic E-state index is 13.7. The van der Waals surface area contributed by atoms with Crippen LogP contribution in [0.3, 0.4) is 0 Å². The molecule has 25 heavy (non-hydrogen) atoms. The van der Waals surface area contributed by atoms with Crippen LogP contribution in [-0.4, -0.2) is 27.0 Å². The number of nitrogens with zero attached hydrogens (tertiary/aromatic N) is 4. The predicted molar refractivity (Wildman–Crippen MR) is 86.1 cm³/mol. The van der Waals surface area contributed by atoms with Crippen molar-refractivity contribution in [2.24, 2.45) is 0 Å². The van der Waals surface area contributed by atoms with Gasteiger partial charge >= 0.3 is 0 Å². The van der Waals surface area contributed by atoms with E-state index in [2.05, 4.69) is 19.9 Å². The Morgan fingerprint density at radius 1 is 0.920 bits per heavy atom. The van der Waals surface area contributed by atoms with Gasteiger partial charge in [0.15, 0.2) is 23.2 Å². The van der Waals surface area contributed by atoms with Crippen LogP contribution in [0.2, 0.25) is 0 Å². The Kier molecular flexibility index (Phi) is 3.83. The zero-order valence-corrected chi connectivity index (χ0v) is 13.4. The number of halogens is 2. The standard InChI is InChI=1S/C18H14F2N4O/c1-25-15-6-10(5-14(19)16(15)20)12-7-13(12)11-8-23-18(24-9-11)17-21-3-2-4-22-17/h2-6,8-9,12-13H,7H2,1H3/t12-,13-/m0/s1. The molecule has 0 N–H and O–H groups in total. The Bertz CT molecular complexity index is 903. The van der Waals surface area contributed by atoms with Gasteiger partial charge in [-0.2, -0.15) is 4.39 Å². The van der Waals surface area contributed by atoms with Crippen LogP contribution in [0.15, 0.2) is 43.0 Å². The number of benzene rings is 1. The molecule has 126 valence electrons. The van der Waals surface area contributed by atoms with E-state index >= 15 is 0 Å². The van der Waals surface area contributed by atoms with E-state index in [9.17, 15) is 8.78 Å². The van der Waals surface area contributed by atoms with E-state index in [1.165, 1.54) is 13.2 Å². The summed E-state index contributed by atoms with van der Waals surface area (Å²) in [5, 5.41) is 0. The number of methoxy groups -OCH3 is 1. The molecule has 4 rings (SSSR count). The molecule has 1 saturated carbocycles. The zero-order valence-electron chi connectivity index (χ0n) is 13.4. The molecule has 1 aromatic carbocycles. The highest BCUT2D eigenvalue weighted by molar-refractivity contribution is 5.44. The third-order valence-corrected chi connectivity index (χ3v) is 4.32. The van der Waals surface area contributed by atoms with Crippen molar-refractivity contribution in [3.63, 3.8) is 0 Å². The largest absolute Gasteiger partial charge is 0.494 e. The summed E-state index contributed by atoms with van der Waals surface area (Å²) < 4.78 is 32.1. The average molecular weight is 340 g/mol. The smallest absolute Gasteiger partial charge is 0.200 e. The van der Waals surface area contributed by atoms with E-state index in [0.717, 1.165) is 17.5 Å². The molecule has 0 radical (unpaired) electrons. The van der Waals surface area contributed by atoms with Gasteiger partial charge in [-0.3, -0.25) is 0 Å². The molecular weight excluding hydrogens is 326 g/mol. The van der Waals surface area contributed by atoms with E-state index in [-0.39, 0.29) is 17.6 Å². The van der Waals surface area contributed by atoms with Crippen molar-refractivity contribution in [1.29, 1.82) is 0 Å². The summed E-state index contributed by atoms with van der Waals surface area (Å²) in [5.41, 5.74) is 1.67. The molecule has 3 aromatic rings. The number of ether oxygens (including phenoxy) is 1. The molecule has 2 atom stereocenters. The summed E-state index contributed by atoms with van der Waals surface area (Å²) in [6.07, 6.45) is 7.57. The van der Waals surface area contributed by atoms with Gasteiger partial charge in [0.05, 0.1) is 7.11 Å². The quantitative estimate of drug-likeness (QED) is 0.727. The van der Waals surface area contributed by atoms with Crippen LogP contribution < -0.4 is 4.74 Å². The zero-order chi connectivity index (χ0) is 17.4. The van der Waals surface area contributed by atoms with E-state index in [1.54, 1.807) is 36.9 Å². The van der Waals surface area contributed by atoms with Crippen molar-refractivity contribution in [3.8, 4) is 17.4 Å². The summed E-state index contributed by atoms with van der Waals surface area (Å²) in [7, 11) is 1.32. The van der Waals surface area contributed by atoms with Crippen molar-refractivity contribution >= 4 is 0 Å². The lowest BCUT2D eigenvalue weighted by Gasteiger charge is -2.07. The van der Waals surface area contributed by atoms with Gasteiger partial charge in [0.25, 0.3) is 0 Å². The summed E-state index contributed by atoms with van der Waals surface area (Å²) in [5.74, 6) is -0.727. The van der Waals surface area contributed by atoms with Gasteiger partial charge in [-0.1, -0.05) is 0 Å². The first-order valence-electron chi connectivity index (χ1n) is 7.79. The molecule has 0 aliphatic heterocycles. The molecule has 7 heteroatoms. The maximum Gasteiger partial charge on any atom is 0.200 e. The van der Waals surface area contributed by atoms with Crippen LogP contribution in [0.1, 0.15) is 29.4 Å². The highest BCUT2D eigenvalue weighted by Crippen LogP contribution is 2.55. The Hall–Kier alpha value is -2.96. The van der Waals surface area contributed by atoms with Gasteiger partial charge < -0.3 is 4.74 Å². The normalized spacial score (nSPS) is 18.8. The number of aromatic nitrogens is 4. The second-order valence-corrected chi connectivity index (χ2v) is 5.88. The van der Waals surface area contributed by atoms with Gasteiger partial charge in [-0.05, 0) is 47.6 Å². The van der Waals surface area contributed by atoms with E-state index < -0.39 is 11.6 Å². The summed E-state index contributed by atoms with van der Waals surface area (Å²) in [6, 6.07) is 4.51. The number of hydrogen-bond donors (Lipinski definition) is 0. The lowest BCUT2D eigenvalue weighted by molar-refractivity contribution is 0.371. The molecule has 2 aromatic heterocycles. The fraction of sp³-hybridized carbons (Fsp3) is 0.222. The van der Waals surface area contributed by atoms with Gasteiger partial charge in [-0.25, -0.2) is 24.3 Å². The number of hydrogen-bond acceptors (Lipinski definition) is 5. The topological polar surface area (TPSA) is 60.8 Å². The molecule has 1 fully saturated rings. The van der Waals surface area contributed by atoms with Crippen LogP contribution in [-0.2, 0) is 0 Å². The van der Waals surface area contributed by atoms with Crippen LogP contribution in [0.25, 0.3) is 11.6 Å². The Morgan fingerprint density at radius 2 is 1.56 bits per heavy atom. The van der Waals surface area contributed by atoms with Crippen molar-refractivity contribution in [3.05, 3.63) is 65.7 Å². The second kappa shape index (κ2) is 6.16. The van der Waals surface area contributed by atoms with Crippen LogP contribution in [0.5, 0.6) is 5.75 Å². The third-order valence-electron chi connectivity index (χ3n) is 4.32. The molecule has 0 bridgehead atoms. The summed E-state index contributed by atoms with van der Waals surface area (Å²) in [4.78, 5) is 16.8. The predicted octanol–water partition coefficient (Wildman–Crippen LogP) is 3.49. The Balaban J connectivity index is 1.55. The highest BCUT2D eigenvalue weighted by atomic mass is 19.2. The molecule has 0 amide bonds. The third kappa shape index (κ3) is 2.93. The maximum atomic E-state index is 13.7. The average Bonchev–Trinajstić information content (AvgIpc) is 3.45. The number of rotatable bonds is 4. The Labute approximate surface area is 142 Å². The monoisotopic (exact) mass is 340 g/mol. The van der Waals surface area contributed by atoms with Crippen LogP contribution in [0.4, 0.5) is 8.78 Å². The van der Waals surface area contributed by atoms with Gasteiger partial charge in [0.2, 0.25) is 5.82 Å². The van der Waals surface area contributed by atoms with Gasteiger partial charge in [0, 0.05) is 24.8 Å². The molecule has 1 aliphatic rings. The van der Waals surface area contributed by atoms with Gasteiger partial charge in [0.1, 0.15) is 0 Å². The summed E-state index contributed by atoms with van der Waals surface area (Å²) in [6.45, 7) is 0. The van der Waals surface area contributed by atoms with E-state index in [0.29, 0.717) is 11.6 Å². The lowest BCUT2D eigenvalue weighted by atomic mass is 10.1. The first kappa shape index (κ1) is 15.6. The molecule has 0 unspecified atom stereocenters. The molecule has 2 heterocycles. The first-order chi connectivity index (χ1) is 12.2. The first-order valence-corrected chi connectivity index (χ1v) is 7.79. The molecule has 1 aliphatic carbocycles. The van der Waals surface area contributed by atoms with Crippen molar-refractivity contribution in [1.82, 2.24) is 19.9 Å². The fourth-order valence-corrected chi connectivity index (χ4v) is 2.94. The lowest BCUT2D eigenvalue weighted by Crippen LogP contribution is -1.97. The van der Waals surface area contributed by atoms with E-state index in [4.69, 9.17) is 4.74 Å². The molecular formula is C18H14F2N4O. The highest BCUT2D eigenvalue weighted by Gasteiger charge is 2.40. The van der Waals surface area contributed by atoms with Crippen molar-refractivity contribution in [2.45, 2.75) is 18.3 Å². The molecule has 5 nitrogen and oxygen atoms in total.